The number of para-hydroxylation sites is 1. The fraction of sp³-hybridized carbons (Fsp3) is 0.278. The molecule has 0 bridgehead atoms. The van der Waals surface area contributed by atoms with Gasteiger partial charge in [0.25, 0.3) is 0 Å². The van der Waals surface area contributed by atoms with Crippen LogP contribution in [0.5, 0.6) is 0 Å². The van der Waals surface area contributed by atoms with Gasteiger partial charge in [-0.15, -0.1) is 0 Å². The Bertz CT molecular complexity index is 608. The number of rotatable bonds is 5. The number of hydrogen-bond donors (Lipinski definition) is 1. The van der Waals surface area contributed by atoms with E-state index >= 15 is 0 Å². The molecule has 0 radical (unpaired) electrons. The maximum absolute atomic E-state index is 12.7. The second-order valence-electron chi connectivity index (χ2n) is 5.43. The average molecular weight is 297 g/mol. The van der Waals surface area contributed by atoms with Crippen molar-refractivity contribution in [1.82, 2.24) is 0 Å². The van der Waals surface area contributed by atoms with Crippen LogP contribution in [-0.4, -0.2) is 26.0 Å². The van der Waals surface area contributed by atoms with Crippen LogP contribution in [0.2, 0.25) is 0 Å². The van der Waals surface area contributed by atoms with Crippen LogP contribution >= 0.6 is 0 Å². The first-order chi connectivity index (χ1) is 10.5. The molecule has 0 spiro atoms. The Morgan fingerprint density at radius 3 is 1.95 bits per heavy atom. The molecule has 0 saturated heterocycles. The number of nitrogens with zero attached hydrogens (tertiary/aromatic N) is 2. The maximum atomic E-state index is 12.7. The van der Waals surface area contributed by atoms with Gasteiger partial charge in [0.15, 0.2) is 0 Å². The summed E-state index contributed by atoms with van der Waals surface area (Å²) < 4.78 is 0. The normalized spacial score (nSPS) is 11.8. The second-order valence-corrected chi connectivity index (χ2v) is 5.43. The van der Waals surface area contributed by atoms with E-state index in [1.54, 1.807) is 4.90 Å². The van der Waals surface area contributed by atoms with E-state index in [1.165, 1.54) is 0 Å². The largest absolute Gasteiger partial charge is 0.378 e. The molecule has 0 heterocycles. The van der Waals surface area contributed by atoms with E-state index in [0.29, 0.717) is 6.42 Å². The fourth-order valence-corrected chi connectivity index (χ4v) is 2.22. The molecule has 4 nitrogen and oxygen atoms in total. The average Bonchev–Trinajstić information content (AvgIpc) is 2.55. The molecule has 0 fully saturated rings. The molecule has 2 aromatic rings. The first-order valence-electron chi connectivity index (χ1n) is 7.46. The zero-order valence-electron chi connectivity index (χ0n) is 13.4. The van der Waals surface area contributed by atoms with Crippen LogP contribution in [0.3, 0.4) is 0 Å². The van der Waals surface area contributed by atoms with Gasteiger partial charge in [0.2, 0.25) is 5.91 Å². The summed E-state index contributed by atoms with van der Waals surface area (Å²) in [4.78, 5) is 16.4. The SMILES string of the molecule is CCC(N)C(=O)N(c1ccccc1)c1ccc(N(C)C)cc1. The van der Waals surface area contributed by atoms with Gasteiger partial charge >= 0.3 is 0 Å². The quantitative estimate of drug-likeness (QED) is 0.922. The third kappa shape index (κ3) is 3.46. The van der Waals surface area contributed by atoms with Gasteiger partial charge in [0.05, 0.1) is 6.04 Å². The Kier molecular flexibility index (Phi) is 5.17. The van der Waals surface area contributed by atoms with E-state index in [1.807, 2.05) is 80.5 Å². The van der Waals surface area contributed by atoms with E-state index in [2.05, 4.69) is 0 Å². The summed E-state index contributed by atoms with van der Waals surface area (Å²) in [7, 11) is 3.98. The van der Waals surface area contributed by atoms with E-state index in [0.717, 1.165) is 17.1 Å². The van der Waals surface area contributed by atoms with Crippen LogP contribution in [0.1, 0.15) is 13.3 Å². The molecule has 0 aromatic heterocycles. The molecule has 1 unspecified atom stereocenters. The highest BCUT2D eigenvalue weighted by Gasteiger charge is 2.22. The minimum Gasteiger partial charge on any atom is -0.378 e. The predicted molar refractivity (Wildman–Crippen MR) is 92.6 cm³/mol. The molecule has 22 heavy (non-hydrogen) atoms. The third-order valence-corrected chi connectivity index (χ3v) is 3.62. The summed E-state index contributed by atoms with van der Waals surface area (Å²) in [6, 6.07) is 17.0. The minimum absolute atomic E-state index is 0.0914. The Morgan fingerprint density at radius 1 is 0.955 bits per heavy atom. The molecule has 2 N–H and O–H groups in total. The summed E-state index contributed by atoms with van der Waals surface area (Å²) in [5, 5.41) is 0. The number of anilines is 3. The molecule has 116 valence electrons. The number of amides is 1. The van der Waals surface area contributed by atoms with Gasteiger partial charge in [-0.05, 0) is 42.8 Å². The van der Waals surface area contributed by atoms with Gasteiger partial charge in [-0.25, -0.2) is 0 Å². The van der Waals surface area contributed by atoms with Crippen molar-refractivity contribution in [2.24, 2.45) is 5.73 Å². The van der Waals surface area contributed by atoms with Gasteiger partial charge in [-0.3, -0.25) is 9.69 Å². The van der Waals surface area contributed by atoms with Crippen molar-refractivity contribution in [2.75, 3.05) is 23.9 Å². The van der Waals surface area contributed by atoms with Crippen molar-refractivity contribution < 1.29 is 4.79 Å². The minimum atomic E-state index is -0.506. The number of nitrogens with two attached hydrogens (primary N) is 1. The number of benzene rings is 2. The molecule has 0 aliphatic heterocycles. The van der Waals surface area contributed by atoms with Gasteiger partial charge in [-0.2, -0.15) is 0 Å². The topological polar surface area (TPSA) is 49.6 Å². The van der Waals surface area contributed by atoms with Gasteiger partial charge in [0.1, 0.15) is 0 Å². The van der Waals surface area contributed by atoms with E-state index in [-0.39, 0.29) is 5.91 Å². The van der Waals surface area contributed by atoms with Crippen molar-refractivity contribution in [2.45, 2.75) is 19.4 Å². The van der Waals surface area contributed by atoms with Crippen LogP contribution in [0, 0.1) is 0 Å². The van der Waals surface area contributed by atoms with Gasteiger partial charge in [-0.1, -0.05) is 25.1 Å². The van der Waals surface area contributed by atoms with Crippen LogP contribution < -0.4 is 15.5 Å². The lowest BCUT2D eigenvalue weighted by Gasteiger charge is -2.26. The van der Waals surface area contributed by atoms with Crippen molar-refractivity contribution in [3.8, 4) is 0 Å². The summed E-state index contributed by atoms with van der Waals surface area (Å²) in [5.74, 6) is -0.0914. The van der Waals surface area contributed by atoms with Gasteiger partial charge in [0, 0.05) is 31.2 Å². The Labute approximate surface area is 132 Å². The molecule has 0 aliphatic rings. The molecule has 1 atom stereocenters. The van der Waals surface area contributed by atoms with Crippen LogP contribution in [0.25, 0.3) is 0 Å². The fourth-order valence-electron chi connectivity index (χ4n) is 2.22. The monoisotopic (exact) mass is 297 g/mol. The maximum Gasteiger partial charge on any atom is 0.248 e. The molecule has 4 heteroatoms. The first kappa shape index (κ1) is 16.0. The van der Waals surface area contributed by atoms with Crippen LogP contribution in [0.4, 0.5) is 17.1 Å². The lowest BCUT2D eigenvalue weighted by Crippen LogP contribution is -2.41. The summed E-state index contributed by atoms with van der Waals surface area (Å²) in [6.07, 6.45) is 0.609. The molecular formula is C18H23N3O. The molecular weight excluding hydrogens is 274 g/mol. The van der Waals surface area contributed by atoms with E-state index < -0.39 is 6.04 Å². The summed E-state index contributed by atoms with van der Waals surface area (Å²) >= 11 is 0. The standard InChI is InChI=1S/C18H23N3O/c1-4-17(19)18(22)21(15-8-6-5-7-9-15)16-12-10-14(11-13-16)20(2)3/h5-13,17H,4,19H2,1-3H3. The van der Waals surface area contributed by atoms with Crippen molar-refractivity contribution >= 4 is 23.0 Å². The molecule has 2 aromatic carbocycles. The third-order valence-electron chi connectivity index (χ3n) is 3.62. The number of carbonyl (C=O) groups is 1. The molecule has 0 saturated carbocycles. The summed E-state index contributed by atoms with van der Waals surface area (Å²) in [5.41, 5.74) is 8.71. The van der Waals surface area contributed by atoms with E-state index in [9.17, 15) is 4.79 Å². The Morgan fingerprint density at radius 2 is 1.45 bits per heavy atom. The van der Waals surface area contributed by atoms with Crippen LogP contribution in [-0.2, 0) is 4.79 Å². The molecule has 1 amide bonds. The smallest absolute Gasteiger partial charge is 0.248 e. The molecule has 0 aliphatic carbocycles. The predicted octanol–water partition coefficient (Wildman–Crippen LogP) is 3.15. The van der Waals surface area contributed by atoms with Crippen molar-refractivity contribution in [3.05, 3.63) is 54.6 Å². The first-order valence-corrected chi connectivity index (χ1v) is 7.46. The van der Waals surface area contributed by atoms with Crippen LogP contribution in [0.15, 0.2) is 54.6 Å². The zero-order valence-corrected chi connectivity index (χ0v) is 13.4. The van der Waals surface area contributed by atoms with Gasteiger partial charge < -0.3 is 10.6 Å². The Balaban J connectivity index is 2.42. The second kappa shape index (κ2) is 7.09. The Hall–Kier alpha value is -2.33. The number of carbonyl (C=O) groups excluding carboxylic acids is 1. The highest BCUT2D eigenvalue weighted by atomic mass is 16.2. The lowest BCUT2D eigenvalue weighted by molar-refractivity contribution is -0.119. The highest BCUT2D eigenvalue weighted by Crippen LogP contribution is 2.28. The van der Waals surface area contributed by atoms with Crippen molar-refractivity contribution in [3.63, 3.8) is 0 Å². The van der Waals surface area contributed by atoms with Crippen molar-refractivity contribution in [1.29, 1.82) is 0 Å². The molecule has 2 rings (SSSR count). The lowest BCUT2D eigenvalue weighted by atomic mass is 10.1. The number of hydrogen-bond acceptors (Lipinski definition) is 3. The van der Waals surface area contributed by atoms with E-state index in [4.69, 9.17) is 5.73 Å². The zero-order chi connectivity index (χ0) is 16.1. The highest BCUT2D eigenvalue weighted by molar-refractivity contribution is 6.03. The summed E-state index contributed by atoms with van der Waals surface area (Å²) in [6.45, 7) is 1.92.